The van der Waals surface area contributed by atoms with E-state index in [1.54, 1.807) is 6.08 Å². The molecule has 1 aromatic rings. The Morgan fingerprint density at radius 1 is 1.39 bits per heavy atom. The van der Waals surface area contributed by atoms with E-state index < -0.39 is 17.7 Å². The number of urea groups is 1. The summed E-state index contributed by atoms with van der Waals surface area (Å²) in [7, 11) is 0. The summed E-state index contributed by atoms with van der Waals surface area (Å²) >= 11 is 0. The van der Waals surface area contributed by atoms with E-state index in [0.717, 1.165) is 0 Å². The summed E-state index contributed by atoms with van der Waals surface area (Å²) < 4.78 is 0. The molecule has 6 heteroatoms. The van der Waals surface area contributed by atoms with E-state index in [4.69, 9.17) is 5.11 Å². The molecule has 0 aliphatic carbocycles. The molecule has 0 saturated carbocycles. The molecular formula is C12H14N2O4. The number of amides is 2. The van der Waals surface area contributed by atoms with Crippen molar-refractivity contribution < 1.29 is 19.8 Å². The summed E-state index contributed by atoms with van der Waals surface area (Å²) in [6, 6.07) is 3.36. The van der Waals surface area contributed by atoms with Gasteiger partial charge in [-0.1, -0.05) is 6.08 Å². The number of aromatic hydroxyl groups is 1. The number of rotatable bonds is 5. The van der Waals surface area contributed by atoms with Crippen LogP contribution < -0.4 is 10.6 Å². The molecule has 96 valence electrons. The first kappa shape index (κ1) is 13.6. The highest BCUT2D eigenvalue weighted by molar-refractivity contribution is 5.93. The van der Waals surface area contributed by atoms with Crippen LogP contribution in [0, 0.1) is 0 Å². The molecule has 0 aliphatic rings. The minimum atomic E-state index is -1.23. The first-order valence-corrected chi connectivity index (χ1v) is 5.26. The lowest BCUT2D eigenvalue weighted by molar-refractivity contribution is 0.0694. The van der Waals surface area contributed by atoms with Gasteiger partial charge in [0.05, 0.1) is 0 Å². The summed E-state index contributed by atoms with van der Waals surface area (Å²) in [5, 5.41) is 23.2. The molecule has 1 rings (SSSR count). The van der Waals surface area contributed by atoms with Crippen molar-refractivity contribution in [3.05, 3.63) is 36.4 Å². The van der Waals surface area contributed by atoms with Crippen molar-refractivity contribution in [3.63, 3.8) is 0 Å². The van der Waals surface area contributed by atoms with Gasteiger partial charge in [0.15, 0.2) is 0 Å². The van der Waals surface area contributed by atoms with Gasteiger partial charge in [-0.2, -0.15) is 0 Å². The molecule has 1 aromatic carbocycles. The standard InChI is InChI=1S/C12H14N2O4/c1-2-3-6-13-12(18)14-8-4-5-9(11(16)17)10(15)7-8/h2,4-5,7,15H,1,3,6H2,(H,16,17)(H2,13,14,18). The van der Waals surface area contributed by atoms with Crippen molar-refractivity contribution in [3.8, 4) is 5.75 Å². The molecular weight excluding hydrogens is 236 g/mol. The number of carboxylic acid groups (broad SMARTS) is 1. The van der Waals surface area contributed by atoms with Gasteiger partial charge in [-0.25, -0.2) is 9.59 Å². The number of carboxylic acids is 1. The second kappa shape index (κ2) is 6.29. The number of nitrogens with one attached hydrogen (secondary N) is 2. The smallest absolute Gasteiger partial charge is 0.339 e. The summed E-state index contributed by atoms with van der Waals surface area (Å²) in [5.41, 5.74) is 0.0984. The lowest BCUT2D eigenvalue weighted by Gasteiger charge is -2.08. The Kier molecular flexibility index (Phi) is 4.74. The van der Waals surface area contributed by atoms with E-state index in [2.05, 4.69) is 17.2 Å². The molecule has 0 radical (unpaired) electrons. The topological polar surface area (TPSA) is 98.7 Å². The van der Waals surface area contributed by atoms with Crippen molar-refractivity contribution in [2.24, 2.45) is 0 Å². The van der Waals surface area contributed by atoms with E-state index in [0.29, 0.717) is 18.7 Å². The van der Waals surface area contributed by atoms with E-state index in [-0.39, 0.29) is 5.56 Å². The molecule has 2 amide bonds. The molecule has 0 heterocycles. The van der Waals surface area contributed by atoms with Gasteiger partial charge >= 0.3 is 12.0 Å². The average molecular weight is 250 g/mol. The second-order valence-corrected chi connectivity index (χ2v) is 3.50. The van der Waals surface area contributed by atoms with Crippen LogP contribution in [-0.2, 0) is 0 Å². The zero-order chi connectivity index (χ0) is 13.5. The first-order chi connectivity index (χ1) is 8.54. The molecule has 4 N–H and O–H groups in total. The number of benzene rings is 1. The molecule has 18 heavy (non-hydrogen) atoms. The average Bonchev–Trinajstić information content (AvgIpc) is 2.28. The Morgan fingerprint density at radius 3 is 2.67 bits per heavy atom. The number of anilines is 1. The number of carbonyl (C=O) groups excluding carboxylic acids is 1. The molecule has 0 fully saturated rings. The van der Waals surface area contributed by atoms with E-state index >= 15 is 0 Å². The largest absolute Gasteiger partial charge is 0.507 e. The van der Waals surface area contributed by atoms with Gasteiger partial charge in [0, 0.05) is 18.3 Å². The zero-order valence-electron chi connectivity index (χ0n) is 9.64. The molecule has 0 unspecified atom stereocenters. The van der Waals surface area contributed by atoms with Crippen LogP contribution in [0.1, 0.15) is 16.8 Å². The maximum absolute atomic E-state index is 11.4. The van der Waals surface area contributed by atoms with Crippen LogP contribution in [0.15, 0.2) is 30.9 Å². The molecule has 6 nitrogen and oxygen atoms in total. The lowest BCUT2D eigenvalue weighted by Crippen LogP contribution is -2.29. The maximum Gasteiger partial charge on any atom is 0.339 e. The fraction of sp³-hybridized carbons (Fsp3) is 0.167. The van der Waals surface area contributed by atoms with Crippen LogP contribution in [0.3, 0.4) is 0 Å². The van der Waals surface area contributed by atoms with Crippen molar-refractivity contribution in [1.29, 1.82) is 0 Å². The quantitative estimate of drug-likeness (QED) is 0.473. The van der Waals surface area contributed by atoms with Crippen molar-refractivity contribution in [2.75, 3.05) is 11.9 Å². The number of hydrogen-bond donors (Lipinski definition) is 4. The third-order valence-electron chi connectivity index (χ3n) is 2.12. The number of aromatic carboxylic acids is 1. The van der Waals surface area contributed by atoms with Gasteiger partial charge in [-0.05, 0) is 18.6 Å². The molecule has 0 aromatic heterocycles. The monoisotopic (exact) mass is 250 g/mol. The summed E-state index contributed by atoms with van der Waals surface area (Å²) in [5.74, 6) is -1.62. The van der Waals surface area contributed by atoms with Crippen molar-refractivity contribution in [2.45, 2.75) is 6.42 Å². The van der Waals surface area contributed by atoms with Crippen molar-refractivity contribution in [1.82, 2.24) is 5.32 Å². The normalized spacial score (nSPS) is 9.56. The minimum Gasteiger partial charge on any atom is -0.507 e. The number of phenols is 1. The van der Waals surface area contributed by atoms with Crippen LogP contribution in [-0.4, -0.2) is 28.8 Å². The zero-order valence-corrected chi connectivity index (χ0v) is 9.64. The predicted octanol–water partition coefficient (Wildman–Crippen LogP) is 1.79. The lowest BCUT2D eigenvalue weighted by atomic mass is 10.2. The van der Waals surface area contributed by atoms with Crippen LogP contribution >= 0.6 is 0 Å². The third-order valence-corrected chi connectivity index (χ3v) is 2.12. The maximum atomic E-state index is 11.4. The molecule has 0 aliphatic heterocycles. The molecule has 0 bridgehead atoms. The minimum absolute atomic E-state index is 0.215. The summed E-state index contributed by atoms with van der Waals surface area (Å²) in [4.78, 5) is 22.0. The fourth-order valence-electron chi connectivity index (χ4n) is 1.25. The second-order valence-electron chi connectivity index (χ2n) is 3.50. The Labute approximate surface area is 104 Å². The van der Waals surface area contributed by atoms with Gasteiger partial charge in [-0.15, -0.1) is 6.58 Å². The van der Waals surface area contributed by atoms with Crippen LogP contribution in [0.25, 0.3) is 0 Å². The van der Waals surface area contributed by atoms with E-state index in [9.17, 15) is 14.7 Å². The predicted molar refractivity (Wildman–Crippen MR) is 66.9 cm³/mol. The van der Waals surface area contributed by atoms with Crippen molar-refractivity contribution >= 4 is 17.7 Å². The van der Waals surface area contributed by atoms with Gasteiger partial charge in [0.25, 0.3) is 0 Å². The third kappa shape index (κ3) is 3.82. The van der Waals surface area contributed by atoms with Gasteiger partial charge in [0.1, 0.15) is 11.3 Å². The first-order valence-electron chi connectivity index (χ1n) is 5.26. The van der Waals surface area contributed by atoms with Gasteiger partial charge < -0.3 is 20.8 Å². The Hall–Kier alpha value is -2.50. The Balaban J connectivity index is 2.63. The highest BCUT2D eigenvalue weighted by Crippen LogP contribution is 2.21. The summed E-state index contributed by atoms with van der Waals surface area (Å²) in [6.45, 7) is 3.97. The summed E-state index contributed by atoms with van der Waals surface area (Å²) in [6.07, 6.45) is 2.32. The van der Waals surface area contributed by atoms with Crippen LogP contribution in [0.2, 0.25) is 0 Å². The van der Waals surface area contributed by atoms with E-state index in [1.807, 2.05) is 0 Å². The number of carbonyl (C=O) groups is 2. The molecule has 0 atom stereocenters. The Bertz CT molecular complexity index is 471. The van der Waals surface area contributed by atoms with Gasteiger partial charge in [0.2, 0.25) is 0 Å². The van der Waals surface area contributed by atoms with Gasteiger partial charge in [-0.3, -0.25) is 0 Å². The highest BCUT2D eigenvalue weighted by Gasteiger charge is 2.10. The van der Waals surface area contributed by atoms with Crippen LogP contribution in [0.5, 0.6) is 5.75 Å². The Morgan fingerprint density at radius 2 is 2.11 bits per heavy atom. The highest BCUT2D eigenvalue weighted by atomic mass is 16.4. The van der Waals surface area contributed by atoms with E-state index in [1.165, 1.54) is 18.2 Å². The number of hydrogen-bond acceptors (Lipinski definition) is 3. The molecule has 0 saturated heterocycles. The molecule has 0 spiro atoms. The fourth-order valence-corrected chi connectivity index (χ4v) is 1.25. The SMILES string of the molecule is C=CCCNC(=O)Nc1ccc(C(=O)O)c(O)c1. The van der Waals surface area contributed by atoms with Crippen LogP contribution in [0.4, 0.5) is 10.5 Å².